The van der Waals surface area contributed by atoms with Gasteiger partial charge < -0.3 is 14.2 Å². The van der Waals surface area contributed by atoms with E-state index in [0.29, 0.717) is 23.9 Å². The van der Waals surface area contributed by atoms with Crippen LogP contribution in [0.15, 0.2) is 71.8 Å². The van der Waals surface area contributed by atoms with Crippen LogP contribution < -0.4 is 19.6 Å². The van der Waals surface area contributed by atoms with Crippen molar-refractivity contribution in [2.75, 3.05) is 13.7 Å². The number of carbonyl (C=O) groups excluding carboxylic acids is 1. The van der Waals surface area contributed by atoms with Gasteiger partial charge in [0.1, 0.15) is 12.4 Å². The molecule has 0 fully saturated rings. The molecule has 31 heavy (non-hydrogen) atoms. The third kappa shape index (κ3) is 6.89. The lowest BCUT2D eigenvalue weighted by molar-refractivity contribution is -0.123. The number of hydrogen-bond acceptors (Lipinski definition) is 5. The molecule has 0 saturated carbocycles. The minimum atomic E-state index is -0.342. The Morgan fingerprint density at radius 1 is 0.935 bits per heavy atom. The Labute approximate surface area is 182 Å². The molecule has 3 rings (SSSR count). The largest absolute Gasteiger partial charge is 0.493 e. The number of ether oxygens (including phenoxy) is 3. The molecule has 0 aliphatic carbocycles. The van der Waals surface area contributed by atoms with Crippen LogP contribution in [-0.4, -0.2) is 25.8 Å². The van der Waals surface area contributed by atoms with Crippen LogP contribution in [0.25, 0.3) is 0 Å². The van der Waals surface area contributed by atoms with E-state index in [0.717, 1.165) is 22.3 Å². The Bertz CT molecular complexity index is 1030. The van der Waals surface area contributed by atoms with Crippen LogP contribution in [0.2, 0.25) is 0 Å². The number of nitrogens with zero attached hydrogens (tertiary/aromatic N) is 1. The van der Waals surface area contributed by atoms with E-state index in [9.17, 15) is 4.79 Å². The molecular formula is C25H26N2O4. The molecule has 0 unspecified atom stereocenters. The maximum absolute atomic E-state index is 12.0. The van der Waals surface area contributed by atoms with Crippen molar-refractivity contribution in [1.82, 2.24) is 5.43 Å². The highest BCUT2D eigenvalue weighted by Crippen LogP contribution is 2.28. The Morgan fingerprint density at radius 3 is 2.39 bits per heavy atom. The van der Waals surface area contributed by atoms with Gasteiger partial charge in [0, 0.05) is 0 Å². The smallest absolute Gasteiger partial charge is 0.277 e. The second-order valence-electron chi connectivity index (χ2n) is 7.09. The summed E-state index contributed by atoms with van der Waals surface area (Å²) < 4.78 is 16.8. The molecule has 0 aliphatic rings. The fourth-order valence-electron chi connectivity index (χ4n) is 3.00. The fraction of sp³-hybridized carbons (Fsp3) is 0.200. The van der Waals surface area contributed by atoms with Crippen LogP contribution in [-0.2, 0) is 11.4 Å². The van der Waals surface area contributed by atoms with E-state index in [1.807, 2.05) is 74.5 Å². The predicted octanol–water partition coefficient (Wildman–Crippen LogP) is 4.42. The van der Waals surface area contributed by atoms with Crippen molar-refractivity contribution >= 4 is 12.1 Å². The summed E-state index contributed by atoms with van der Waals surface area (Å²) in [6.45, 7) is 4.30. The van der Waals surface area contributed by atoms with Gasteiger partial charge in [-0.15, -0.1) is 0 Å². The molecule has 0 aliphatic heterocycles. The summed E-state index contributed by atoms with van der Waals surface area (Å²) in [7, 11) is 1.58. The van der Waals surface area contributed by atoms with Crippen LogP contribution in [0.4, 0.5) is 0 Å². The fourth-order valence-corrected chi connectivity index (χ4v) is 3.00. The van der Waals surface area contributed by atoms with Crippen molar-refractivity contribution in [3.8, 4) is 17.2 Å². The quantitative estimate of drug-likeness (QED) is 0.413. The van der Waals surface area contributed by atoms with E-state index in [4.69, 9.17) is 14.2 Å². The van der Waals surface area contributed by atoms with Crippen LogP contribution in [0.3, 0.4) is 0 Å². The summed E-state index contributed by atoms with van der Waals surface area (Å²) >= 11 is 0. The van der Waals surface area contributed by atoms with Crippen molar-refractivity contribution in [1.29, 1.82) is 0 Å². The number of hydrogen-bond donors (Lipinski definition) is 1. The van der Waals surface area contributed by atoms with Gasteiger partial charge in [-0.25, -0.2) is 5.43 Å². The number of methoxy groups -OCH3 is 1. The zero-order valence-electron chi connectivity index (χ0n) is 17.9. The molecule has 6 nitrogen and oxygen atoms in total. The summed E-state index contributed by atoms with van der Waals surface area (Å²) in [4.78, 5) is 12.0. The third-order valence-electron chi connectivity index (χ3n) is 4.39. The molecule has 0 aromatic heterocycles. The van der Waals surface area contributed by atoms with Gasteiger partial charge >= 0.3 is 0 Å². The van der Waals surface area contributed by atoms with E-state index in [1.165, 1.54) is 6.21 Å². The molecule has 160 valence electrons. The van der Waals surface area contributed by atoms with Crippen LogP contribution in [0.1, 0.15) is 22.3 Å². The number of rotatable bonds is 9. The van der Waals surface area contributed by atoms with Gasteiger partial charge in [0.25, 0.3) is 5.91 Å². The Balaban J connectivity index is 1.52. The lowest BCUT2D eigenvalue weighted by Crippen LogP contribution is -2.24. The number of hydrazone groups is 1. The number of benzene rings is 3. The summed E-state index contributed by atoms with van der Waals surface area (Å²) in [6.07, 6.45) is 1.54. The maximum Gasteiger partial charge on any atom is 0.277 e. The minimum Gasteiger partial charge on any atom is -0.493 e. The van der Waals surface area contributed by atoms with Crippen LogP contribution in [0.5, 0.6) is 17.2 Å². The predicted molar refractivity (Wildman–Crippen MR) is 121 cm³/mol. The molecule has 3 aromatic rings. The Morgan fingerprint density at radius 2 is 1.68 bits per heavy atom. The molecule has 0 bridgehead atoms. The Hall–Kier alpha value is -3.80. The summed E-state index contributed by atoms with van der Waals surface area (Å²) in [5, 5.41) is 3.99. The van der Waals surface area contributed by atoms with E-state index < -0.39 is 0 Å². The highest BCUT2D eigenvalue weighted by molar-refractivity contribution is 5.83. The van der Waals surface area contributed by atoms with E-state index >= 15 is 0 Å². The average molecular weight is 418 g/mol. The molecule has 0 atom stereocenters. The molecule has 0 radical (unpaired) electrons. The zero-order valence-corrected chi connectivity index (χ0v) is 17.9. The molecule has 3 aromatic carbocycles. The van der Waals surface area contributed by atoms with Crippen LogP contribution >= 0.6 is 0 Å². The first-order chi connectivity index (χ1) is 15.0. The highest BCUT2D eigenvalue weighted by atomic mass is 16.5. The van der Waals surface area contributed by atoms with Crippen molar-refractivity contribution in [3.63, 3.8) is 0 Å². The summed E-state index contributed by atoms with van der Waals surface area (Å²) in [5.41, 5.74) is 6.46. The van der Waals surface area contributed by atoms with Gasteiger partial charge in [0.05, 0.1) is 13.3 Å². The minimum absolute atomic E-state index is 0.115. The van der Waals surface area contributed by atoms with Gasteiger partial charge in [-0.2, -0.15) is 5.10 Å². The Kier molecular flexibility index (Phi) is 7.65. The number of aryl methyl sites for hydroxylation is 2. The first-order valence-corrected chi connectivity index (χ1v) is 9.91. The normalized spacial score (nSPS) is 10.7. The van der Waals surface area contributed by atoms with E-state index in [1.54, 1.807) is 13.2 Å². The van der Waals surface area contributed by atoms with E-state index in [2.05, 4.69) is 10.5 Å². The van der Waals surface area contributed by atoms with Gasteiger partial charge in [0.2, 0.25) is 0 Å². The number of nitrogens with one attached hydrogen (secondary N) is 1. The van der Waals surface area contributed by atoms with Crippen LogP contribution in [0, 0.1) is 13.8 Å². The topological polar surface area (TPSA) is 69.2 Å². The number of carbonyl (C=O) groups is 1. The molecule has 0 spiro atoms. The highest BCUT2D eigenvalue weighted by Gasteiger charge is 2.06. The molecule has 0 heterocycles. The van der Waals surface area contributed by atoms with Gasteiger partial charge in [-0.1, -0.05) is 36.4 Å². The monoisotopic (exact) mass is 418 g/mol. The van der Waals surface area contributed by atoms with Crippen molar-refractivity contribution in [2.45, 2.75) is 20.5 Å². The third-order valence-corrected chi connectivity index (χ3v) is 4.39. The lowest BCUT2D eigenvalue weighted by atomic mass is 10.1. The lowest BCUT2D eigenvalue weighted by Gasteiger charge is -2.11. The molecule has 6 heteroatoms. The van der Waals surface area contributed by atoms with Crippen molar-refractivity contribution in [2.24, 2.45) is 5.10 Å². The van der Waals surface area contributed by atoms with Crippen molar-refractivity contribution < 1.29 is 19.0 Å². The summed E-state index contributed by atoms with van der Waals surface area (Å²) in [5.74, 6) is 1.54. The SMILES string of the molecule is COc1cc(/C=N/NC(=O)COc2cc(C)cc(C)c2)ccc1OCc1ccccc1. The second-order valence-corrected chi connectivity index (χ2v) is 7.09. The number of amides is 1. The first kappa shape index (κ1) is 21.9. The molecular weight excluding hydrogens is 392 g/mol. The standard InChI is InChI=1S/C25H26N2O4/c1-18-11-19(2)13-22(12-18)30-17-25(28)27-26-15-21-9-10-23(24(14-21)29-3)31-16-20-7-5-4-6-8-20/h4-15H,16-17H2,1-3H3,(H,27,28)/b26-15+. The van der Waals surface area contributed by atoms with E-state index in [-0.39, 0.29) is 12.5 Å². The molecule has 1 N–H and O–H groups in total. The molecule has 0 saturated heterocycles. The molecule has 1 amide bonds. The van der Waals surface area contributed by atoms with Gasteiger partial charge in [-0.3, -0.25) is 4.79 Å². The van der Waals surface area contributed by atoms with Gasteiger partial charge in [0.15, 0.2) is 18.1 Å². The zero-order chi connectivity index (χ0) is 22.1. The van der Waals surface area contributed by atoms with Gasteiger partial charge in [-0.05, 0) is 66.4 Å². The average Bonchev–Trinajstić information content (AvgIpc) is 2.76. The maximum atomic E-state index is 12.0. The summed E-state index contributed by atoms with van der Waals surface area (Å²) in [6, 6.07) is 21.2. The van der Waals surface area contributed by atoms with Crippen molar-refractivity contribution in [3.05, 3.63) is 89.0 Å². The first-order valence-electron chi connectivity index (χ1n) is 9.91. The second kappa shape index (κ2) is 10.8.